The Balaban J connectivity index is 1.41. The van der Waals surface area contributed by atoms with E-state index in [2.05, 4.69) is 37.0 Å². The minimum absolute atomic E-state index is 0.126. The van der Waals surface area contributed by atoms with Crippen LogP contribution in [0.1, 0.15) is 86.6 Å². The van der Waals surface area contributed by atoms with E-state index in [9.17, 15) is 14.4 Å². The summed E-state index contributed by atoms with van der Waals surface area (Å²) < 4.78 is 12.7. The number of carbonyl (C=O) groups is 3. The van der Waals surface area contributed by atoms with Crippen molar-refractivity contribution in [2.45, 2.75) is 105 Å². The van der Waals surface area contributed by atoms with Crippen LogP contribution < -0.4 is 16.0 Å². The molecule has 1 aliphatic heterocycles. The van der Waals surface area contributed by atoms with E-state index in [4.69, 9.17) is 9.47 Å². The van der Waals surface area contributed by atoms with Crippen molar-refractivity contribution >= 4 is 40.7 Å². The summed E-state index contributed by atoms with van der Waals surface area (Å²) in [7, 11) is 0. The van der Waals surface area contributed by atoms with E-state index < -0.39 is 23.3 Å². The molecule has 0 radical (unpaired) electrons. The number of alkyl carbamates (subject to hydrolysis) is 1. The fourth-order valence-electron chi connectivity index (χ4n) is 5.64. The standard InChI is InChI=1S/C35H51N7O5/c1-23(2)18-28(40-33(45)47-35(6,7)8)32(44)39-27-11-9-10-26(20-27)38-31-30-25(14-17-42(30)37-22-36-31)21-41-15-12-24(13-16-41)19-29(43)46-34(3,4)5/h9-11,14,17,20,22-24,28H,12-13,15-16,18-19,21H2,1-8H3,(H,39,44)(H,40,45)(H,36,37,38)/t28-/m1/s1. The van der Waals surface area contributed by atoms with Gasteiger partial charge in [0.05, 0.1) is 0 Å². The fourth-order valence-corrected chi connectivity index (χ4v) is 5.64. The minimum atomic E-state index is -0.756. The molecule has 1 aliphatic rings. The number of esters is 1. The summed E-state index contributed by atoms with van der Waals surface area (Å²) in [5.41, 5.74) is 2.14. The Morgan fingerprint density at radius 1 is 0.979 bits per heavy atom. The largest absolute Gasteiger partial charge is 0.460 e. The van der Waals surface area contributed by atoms with Crippen molar-refractivity contribution in [2.75, 3.05) is 23.7 Å². The molecule has 3 aromatic rings. The number of piperidine rings is 1. The van der Waals surface area contributed by atoms with Gasteiger partial charge in [0.15, 0.2) is 5.82 Å². The van der Waals surface area contributed by atoms with Crippen LogP contribution in [0.3, 0.4) is 0 Å². The maximum Gasteiger partial charge on any atom is 0.408 e. The molecule has 12 heteroatoms. The van der Waals surface area contributed by atoms with Gasteiger partial charge >= 0.3 is 12.1 Å². The van der Waals surface area contributed by atoms with E-state index >= 15 is 0 Å². The summed E-state index contributed by atoms with van der Waals surface area (Å²) >= 11 is 0. The number of anilines is 3. The highest BCUT2D eigenvalue weighted by atomic mass is 16.6. The number of fused-ring (bicyclic) bond motifs is 1. The monoisotopic (exact) mass is 649 g/mol. The molecule has 0 saturated carbocycles. The van der Waals surface area contributed by atoms with Crippen molar-refractivity contribution in [3.8, 4) is 0 Å². The van der Waals surface area contributed by atoms with E-state index in [0.717, 1.165) is 49.2 Å². The third-order valence-corrected chi connectivity index (χ3v) is 7.62. The minimum Gasteiger partial charge on any atom is -0.460 e. The van der Waals surface area contributed by atoms with Crippen LogP contribution in [-0.2, 0) is 25.6 Å². The van der Waals surface area contributed by atoms with Crippen LogP contribution in [0.25, 0.3) is 5.52 Å². The van der Waals surface area contributed by atoms with Gasteiger partial charge in [-0.2, -0.15) is 5.10 Å². The molecule has 1 saturated heterocycles. The van der Waals surface area contributed by atoms with E-state index in [1.807, 2.05) is 63.5 Å². The number of nitrogens with one attached hydrogen (secondary N) is 3. The maximum atomic E-state index is 13.3. The van der Waals surface area contributed by atoms with Crippen LogP contribution in [0.2, 0.25) is 0 Å². The Labute approximate surface area is 278 Å². The van der Waals surface area contributed by atoms with E-state index in [0.29, 0.717) is 30.3 Å². The molecular formula is C35H51N7O5. The van der Waals surface area contributed by atoms with Gasteiger partial charge in [-0.3, -0.25) is 14.5 Å². The number of likely N-dealkylation sites (tertiary alicyclic amines) is 1. The number of ether oxygens (including phenoxy) is 2. The number of benzene rings is 1. The van der Waals surface area contributed by atoms with Crippen LogP contribution in [0.15, 0.2) is 42.9 Å². The summed E-state index contributed by atoms with van der Waals surface area (Å²) in [4.78, 5) is 45.0. The summed E-state index contributed by atoms with van der Waals surface area (Å²) in [5.74, 6) is 0.698. The summed E-state index contributed by atoms with van der Waals surface area (Å²) in [6.45, 7) is 17.5. The lowest BCUT2D eigenvalue weighted by atomic mass is 9.93. The van der Waals surface area contributed by atoms with Crippen molar-refractivity contribution < 1.29 is 23.9 Å². The quantitative estimate of drug-likeness (QED) is 0.204. The summed E-state index contributed by atoms with van der Waals surface area (Å²) in [5, 5.41) is 13.5. The molecule has 0 unspecified atom stereocenters. The van der Waals surface area contributed by atoms with E-state index in [-0.39, 0.29) is 17.8 Å². The van der Waals surface area contributed by atoms with Gasteiger partial charge < -0.3 is 25.4 Å². The van der Waals surface area contributed by atoms with Gasteiger partial charge in [-0.25, -0.2) is 14.3 Å². The van der Waals surface area contributed by atoms with Crippen molar-refractivity contribution in [1.29, 1.82) is 0 Å². The van der Waals surface area contributed by atoms with Gasteiger partial charge in [0.25, 0.3) is 0 Å². The second kappa shape index (κ2) is 15.1. The molecule has 1 atom stereocenters. The number of amides is 2. The molecule has 2 aromatic heterocycles. The average molecular weight is 650 g/mol. The number of aromatic nitrogens is 3. The van der Waals surface area contributed by atoms with Crippen LogP contribution >= 0.6 is 0 Å². The first-order valence-electron chi connectivity index (χ1n) is 16.5. The lowest BCUT2D eigenvalue weighted by Crippen LogP contribution is -2.46. The van der Waals surface area contributed by atoms with E-state index in [1.165, 1.54) is 6.33 Å². The molecule has 3 heterocycles. The first-order chi connectivity index (χ1) is 22.0. The van der Waals surface area contributed by atoms with Crippen LogP contribution in [0.4, 0.5) is 22.0 Å². The van der Waals surface area contributed by atoms with Crippen molar-refractivity contribution in [3.05, 3.63) is 48.4 Å². The van der Waals surface area contributed by atoms with Gasteiger partial charge in [-0.15, -0.1) is 0 Å². The molecule has 256 valence electrons. The molecule has 1 fully saturated rings. The number of carbonyl (C=O) groups excluding carboxylic acids is 3. The SMILES string of the molecule is CC(C)C[C@@H](NC(=O)OC(C)(C)C)C(=O)Nc1cccc(Nc2ncnn3ccc(CN4CCC(CC(=O)OC(C)(C)C)CC4)c23)c1. The first-order valence-corrected chi connectivity index (χ1v) is 16.5. The second-order valence-corrected chi connectivity index (χ2v) is 14.8. The molecular weight excluding hydrogens is 598 g/mol. The van der Waals surface area contributed by atoms with Crippen LogP contribution in [0, 0.1) is 11.8 Å². The van der Waals surface area contributed by atoms with Gasteiger partial charge in [0.2, 0.25) is 5.91 Å². The Hall–Kier alpha value is -4.19. The Bertz CT molecular complexity index is 1530. The van der Waals surface area contributed by atoms with Gasteiger partial charge in [0, 0.05) is 30.5 Å². The predicted octanol–water partition coefficient (Wildman–Crippen LogP) is 6.29. The summed E-state index contributed by atoms with van der Waals surface area (Å²) in [6.07, 6.45) is 5.60. The molecule has 0 aliphatic carbocycles. The van der Waals surface area contributed by atoms with Crippen molar-refractivity contribution in [2.24, 2.45) is 11.8 Å². The molecule has 47 heavy (non-hydrogen) atoms. The Kier molecular flexibility index (Phi) is 11.5. The van der Waals surface area contributed by atoms with Crippen LogP contribution in [-0.4, -0.2) is 67.8 Å². The normalized spacial score (nSPS) is 15.3. The summed E-state index contributed by atoms with van der Waals surface area (Å²) in [6, 6.07) is 8.67. The number of hydrogen-bond donors (Lipinski definition) is 3. The molecule has 12 nitrogen and oxygen atoms in total. The maximum absolute atomic E-state index is 13.3. The van der Waals surface area contributed by atoms with Gasteiger partial charge in [-0.05, 0) is 116 Å². The first kappa shape index (κ1) is 35.7. The third kappa shape index (κ3) is 11.2. The highest BCUT2D eigenvalue weighted by molar-refractivity contribution is 5.97. The predicted molar refractivity (Wildman–Crippen MR) is 182 cm³/mol. The highest BCUT2D eigenvalue weighted by Gasteiger charge is 2.27. The lowest BCUT2D eigenvalue weighted by Gasteiger charge is -2.32. The molecule has 4 rings (SSSR count). The molecule has 2 amide bonds. The van der Waals surface area contributed by atoms with Crippen LogP contribution in [0.5, 0.6) is 0 Å². The Morgan fingerprint density at radius 2 is 1.66 bits per heavy atom. The average Bonchev–Trinajstić information content (AvgIpc) is 3.35. The zero-order valence-corrected chi connectivity index (χ0v) is 29.1. The zero-order chi connectivity index (χ0) is 34.4. The van der Waals surface area contributed by atoms with E-state index in [1.54, 1.807) is 26.8 Å². The molecule has 0 bridgehead atoms. The topological polar surface area (TPSA) is 139 Å². The third-order valence-electron chi connectivity index (χ3n) is 7.62. The lowest BCUT2D eigenvalue weighted by molar-refractivity contribution is -0.156. The smallest absolute Gasteiger partial charge is 0.408 e. The number of rotatable bonds is 11. The molecule has 1 aromatic carbocycles. The van der Waals surface area contributed by atoms with Crippen molar-refractivity contribution in [3.63, 3.8) is 0 Å². The fraction of sp³-hybridized carbons (Fsp3) is 0.571. The number of nitrogens with zero attached hydrogens (tertiary/aromatic N) is 4. The zero-order valence-electron chi connectivity index (χ0n) is 29.1. The van der Waals surface area contributed by atoms with Crippen molar-refractivity contribution in [1.82, 2.24) is 24.8 Å². The second-order valence-electron chi connectivity index (χ2n) is 14.8. The number of hydrogen-bond acceptors (Lipinski definition) is 9. The molecule has 3 N–H and O–H groups in total. The Morgan fingerprint density at radius 3 is 2.32 bits per heavy atom. The van der Waals surface area contributed by atoms with Gasteiger partial charge in [-0.1, -0.05) is 19.9 Å². The highest BCUT2D eigenvalue weighted by Crippen LogP contribution is 2.28. The van der Waals surface area contributed by atoms with Gasteiger partial charge in [0.1, 0.15) is 29.1 Å². The molecule has 0 spiro atoms.